The van der Waals surface area contributed by atoms with Crippen LogP contribution in [0.15, 0.2) is 0 Å². The Kier molecular flexibility index (Phi) is 3.17. The van der Waals surface area contributed by atoms with Crippen molar-refractivity contribution >= 4 is 5.91 Å². The zero-order valence-corrected chi connectivity index (χ0v) is 9.16. The average Bonchev–Trinajstić information content (AvgIpc) is 2.25. The number of rotatable bonds is 2. The highest BCUT2D eigenvalue weighted by Gasteiger charge is 2.39. The molecule has 14 heavy (non-hydrogen) atoms. The summed E-state index contributed by atoms with van der Waals surface area (Å²) in [6, 6.07) is -0.108. The van der Waals surface area contributed by atoms with Crippen LogP contribution < -0.4 is 5.73 Å². The van der Waals surface area contributed by atoms with Gasteiger partial charge in [0, 0.05) is 31.0 Å². The average molecular weight is 200 g/mol. The molecule has 0 radical (unpaired) electrons. The first-order valence-electron chi connectivity index (χ1n) is 5.04. The third-order valence-corrected chi connectivity index (χ3v) is 2.74. The Morgan fingerprint density at radius 3 is 2.64 bits per heavy atom. The second kappa shape index (κ2) is 3.87. The van der Waals surface area contributed by atoms with Crippen molar-refractivity contribution in [3.8, 4) is 0 Å². The molecule has 0 aromatic rings. The first-order chi connectivity index (χ1) is 6.33. The quantitative estimate of drug-likeness (QED) is 0.657. The van der Waals surface area contributed by atoms with Gasteiger partial charge in [-0.05, 0) is 6.92 Å². The molecule has 1 fully saturated rings. The summed E-state index contributed by atoms with van der Waals surface area (Å²) < 4.78 is 0. The largest absolute Gasteiger partial charge is 0.391 e. The highest BCUT2D eigenvalue weighted by molar-refractivity contribution is 5.77. The normalized spacial score (nSPS) is 27.8. The Morgan fingerprint density at radius 1 is 1.71 bits per heavy atom. The lowest BCUT2D eigenvalue weighted by molar-refractivity contribution is -0.130. The Labute approximate surface area is 85.1 Å². The first kappa shape index (κ1) is 11.5. The number of nitrogens with zero attached hydrogens (tertiary/aromatic N) is 1. The lowest BCUT2D eigenvalue weighted by Crippen LogP contribution is -2.34. The van der Waals surface area contributed by atoms with Gasteiger partial charge in [-0.3, -0.25) is 4.79 Å². The van der Waals surface area contributed by atoms with Gasteiger partial charge in [-0.15, -0.1) is 0 Å². The van der Waals surface area contributed by atoms with Gasteiger partial charge in [0.1, 0.15) is 0 Å². The Balaban J connectivity index is 2.53. The van der Waals surface area contributed by atoms with E-state index in [0.29, 0.717) is 19.5 Å². The number of likely N-dealkylation sites (tertiary alicyclic amines) is 1. The molecule has 0 aromatic heterocycles. The summed E-state index contributed by atoms with van der Waals surface area (Å²) in [6.45, 7) is 6.82. The molecule has 4 heteroatoms. The molecule has 0 aromatic carbocycles. The van der Waals surface area contributed by atoms with Crippen molar-refractivity contribution in [2.24, 2.45) is 11.1 Å². The van der Waals surface area contributed by atoms with E-state index in [1.807, 2.05) is 20.8 Å². The van der Waals surface area contributed by atoms with Crippen LogP contribution in [-0.2, 0) is 4.79 Å². The lowest BCUT2D eigenvalue weighted by atomic mass is 9.90. The molecular weight excluding hydrogens is 180 g/mol. The zero-order valence-electron chi connectivity index (χ0n) is 9.16. The third-order valence-electron chi connectivity index (χ3n) is 2.74. The SMILES string of the molecule is CC(N)CC(=O)N1CC(O)C(C)(C)C1. The van der Waals surface area contributed by atoms with Gasteiger partial charge in [0.25, 0.3) is 0 Å². The van der Waals surface area contributed by atoms with Crippen molar-refractivity contribution in [1.29, 1.82) is 0 Å². The Morgan fingerprint density at radius 2 is 2.29 bits per heavy atom. The molecule has 2 unspecified atom stereocenters. The van der Waals surface area contributed by atoms with Crippen molar-refractivity contribution in [2.45, 2.75) is 39.3 Å². The second-order valence-electron chi connectivity index (χ2n) is 4.96. The molecule has 1 aliphatic heterocycles. The topological polar surface area (TPSA) is 66.6 Å². The van der Waals surface area contributed by atoms with Crippen LogP contribution in [0.5, 0.6) is 0 Å². The summed E-state index contributed by atoms with van der Waals surface area (Å²) in [5.74, 6) is 0.0459. The van der Waals surface area contributed by atoms with E-state index in [-0.39, 0.29) is 17.4 Å². The van der Waals surface area contributed by atoms with E-state index in [1.165, 1.54) is 0 Å². The molecule has 1 heterocycles. The van der Waals surface area contributed by atoms with Gasteiger partial charge in [-0.1, -0.05) is 13.8 Å². The predicted octanol–water partition coefficient (Wildman–Crippen LogP) is -0.0470. The minimum atomic E-state index is -0.417. The first-order valence-corrected chi connectivity index (χ1v) is 5.04. The molecule has 0 aliphatic carbocycles. The summed E-state index contributed by atoms with van der Waals surface area (Å²) in [4.78, 5) is 13.3. The Bertz CT molecular complexity index is 226. The summed E-state index contributed by atoms with van der Waals surface area (Å²) >= 11 is 0. The number of aliphatic hydroxyl groups excluding tert-OH is 1. The van der Waals surface area contributed by atoms with Crippen LogP contribution in [0.1, 0.15) is 27.2 Å². The molecule has 0 spiro atoms. The maximum Gasteiger partial charge on any atom is 0.224 e. The fourth-order valence-corrected chi connectivity index (χ4v) is 1.71. The molecule has 4 nitrogen and oxygen atoms in total. The van der Waals surface area contributed by atoms with Crippen LogP contribution in [0.3, 0.4) is 0 Å². The summed E-state index contributed by atoms with van der Waals surface area (Å²) in [5, 5.41) is 9.69. The molecule has 1 aliphatic rings. The van der Waals surface area contributed by atoms with Crippen LogP contribution in [0.2, 0.25) is 0 Å². The fraction of sp³-hybridized carbons (Fsp3) is 0.900. The maximum atomic E-state index is 11.6. The van der Waals surface area contributed by atoms with E-state index in [4.69, 9.17) is 5.73 Å². The number of carbonyl (C=O) groups excluding carboxylic acids is 1. The molecular formula is C10H20N2O2. The van der Waals surface area contributed by atoms with Crippen LogP contribution >= 0.6 is 0 Å². The van der Waals surface area contributed by atoms with Crippen LogP contribution in [0.4, 0.5) is 0 Å². The van der Waals surface area contributed by atoms with Gasteiger partial charge in [0.05, 0.1) is 6.10 Å². The standard InChI is InChI=1S/C10H20N2O2/c1-7(11)4-9(14)12-5-8(13)10(2,3)6-12/h7-8,13H,4-6,11H2,1-3H3. The third kappa shape index (κ3) is 2.45. The number of carbonyl (C=O) groups is 1. The van der Waals surface area contributed by atoms with Crippen molar-refractivity contribution in [3.05, 3.63) is 0 Å². The molecule has 2 atom stereocenters. The summed E-state index contributed by atoms with van der Waals surface area (Å²) in [7, 11) is 0. The monoisotopic (exact) mass is 200 g/mol. The van der Waals surface area contributed by atoms with Crippen LogP contribution in [-0.4, -0.2) is 41.1 Å². The second-order valence-corrected chi connectivity index (χ2v) is 4.96. The summed E-state index contributed by atoms with van der Waals surface area (Å²) in [6.07, 6.45) is -0.0532. The smallest absolute Gasteiger partial charge is 0.224 e. The molecule has 1 saturated heterocycles. The van der Waals surface area contributed by atoms with E-state index in [0.717, 1.165) is 0 Å². The fourth-order valence-electron chi connectivity index (χ4n) is 1.71. The van der Waals surface area contributed by atoms with Gasteiger partial charge in [0.2, 0.25) is 5.91 Å². The highest BCUT2D eigenvalue weighted by Crippen LogP contribution is 2.29. The number of hydrogen-bond acceptors (Lipinski definition) is 3. The molecule has 0 bridgehead atoms. The van der Waals surface area contributed by atoms with Gasteiger partial charge < -0.3 is 15.7 Å². The van der Waals surface area contributed by atoms with Crippen molar-refractivity contribution in [3.63, 3.8) is 0 Å². The predicted molar refractivity (Wildman–Crippen MR) is 54.6 cm³/mol. The Hall–Kier alpha value is -0.610. The van der Waals surface area contributed by atoms with Gasteiger partial charge in [-0.25, -0.2) is 0 Å². The van der Waals surface area contributed by atoms with Gasteiger partial charge >= 0.3 is 0 Å². The van der Waals surface area contributed by atoms with E-state index < -0.39 is 6.10 Å². The molecule has 3 N–H and O–H groups in total. The maximum absolute atomic E-state index is 11.6. The molecule has 1 rings (SSSR count). The molecule has 82 valence electrons. The van der Waals surface area contributed by atoms with Crippen LogP contribution in [0, 0.1) is 5.41 Å². The van der Waals surface area contributed by atoms with Crippen molar-refractivity contribution < 1.29 is 9.90 Å². The van der Waals surface area contributed by atoms with Crippen molar-refractivity contribution in [2.75, 3.05) is 13.1 Å². The minimum Gasteiger partial charge on any atom is -0.391 e. The highest BCUT2D eigenvalue weighted by atomic mass is 16.3. The van der Waals surface area contributed by atoms with E-state index in [1.54, 1.807) is 4.90 Å². The zero-order chi connectivity index (χ0) is 10.9. The summed E-state index contributed by atoms with van der Waals surface area (Å²) in [5.41, 5.74) is 5.37. The molecule has 0 saturated carbocycles. The van der Waals surface area contributed by atoms with E-state index in [9.17, 15) is 9.90 Å². The van der Waals surface area contributed by atoms with Crippen molar-refractivity contribution in [1.82, 2.24) is 4.90 Å². The lowest BCUT2D eigenvalue weighted by Gasteiger charge is -2.21. The minimum absolute atomic E-state index is 0.0459. The number of aliphatic hydroxyl groups is 1. The van der Waals surface area contributed by atoms with E-state index in [2.05, 4.69) is 0 Å². The van der Waals surface area contributed by atoms with Gasteiger partial charge in [0.15, 0.2) is 0 Å². The number of amides is 1. The van der Waals surface area contributed by atoms with Gasteiger partial charge in [-0.2, -0.15) is 0 Å². The molecule has 1 amide bonds. The van der Waals surface area contributed by atoms with Crippen LogP contribution in [0.25, 0.3) is 0 Å². The van der Waals surface area contributed by atoms with E-state index >= 15 is 0 Å². The number of β-amino-alcohol motifs (C(OH)–C–C–N with tert-alkyl or cyclic N) is 1. The number of hydrogen-bond donors (Lipinski definition) is 2. The number of nitrogens with two attached hydrogens (primary N) is 1.